The molecule has 0 aromatic carbocycles. The highest BCUT2D eigenvalue weighted by Crippen LogP contribution is 2.25. The lowest BCUT2D eigenvalue weighted by Crippen LogP contribution is -2.22. The summed E-state index contributed by atoms with van der Waals surface area (Å²) in [5.74, 6) is 1.12. The van der Waals surface area contributed by atoms with Crippen molar-refractivity contribution in [3.63, 3.8) is 0 Å². The first kappa shape index (κ1) is 14.0. The van der Waals surface area contributed by atoms with Crippen LogP contribution in [-0.2, 0) is 4.74 Å². The molecule has 0 bridgehead atoms. The summed E-state index contributed by atoms with van der Waals surface area (Å²) in [6.07, 6.45) is 4.85. The van der Waals surface area contributed by atoms with Crippen molar-refractivity contribution in [2.24, 2.45) is 0 Å². The molecule has 20 heavy (non-hydrogen) atoms. The minimum absolute atomic E-state index is 0.100. The Morgan fingerprint density at radius 2 is 2.15 bits per heavy atom. The summed E-state index contributed by atoms with van der Waals surface area (Å²) in [5.41, 5.74) is 7.34. The fraction of sp³-hybridized carbons (Fsp3) is 0.308. The largest absolute Gasteiger partial charge is 0.393 e. The Balaban J connectivity index is 2.15. The highest BCUT2D eigenvalue weighted by atomic mass is 16.5. The van der Waals surface area contributed by atoms with Crippen LogP contribution in [-0.4, -0.2) is 34.7 Å². The lowest BCUT2D eigenvalue weighted by Gasteiger charge is -2.16. The number of anilines is 4. The van der Waals surface area contributed by atoms with Crippen molar-refractivity contribution in [1.82, 2.24) is 15.0 Å². The Morgan fingerprint density at radius 3 is 2.85 bits per heavy atom. The SMILES string of the molecule is COCC(C)Nc1ncnc(Nc2cccnc2)c1N. The number of methoxy groups -OCH3 is 1. The monoisotopic (exact) mass is 274 g/mol. The summed E-state index contributed by atoms with van der Waals surface area (Å²) >= 11 is 0. The van der Waals surface area contributed by atoms with E-state index in [2.05, 4.69) is 25.6 Å². The van der Waals surface area contributed by atoms with Crippen LogP contribution >= 0.6 is 0 Å². The molecule has 0 saturated heterocycles. The van der Waals surface area contributed by atoms with Gasteiger partial charge in [0.2, 0.25) is 0 Å². The molecule has 106 valence electrons. The minimum atomic E-state index is 0.100. The topological polar surface area (TPSA) is 98.0 Å². The molecule has 0 aliphatic heterocycles. The van der Waals surface area contributed by atoms with E-state index >= 15 is 0 Å². The summed E-state index contributed by atoms with van der Waals surface area (Å²) in [7, 11) is 1.65. The number of aromatic nitrogens is 3. The van der Waals surface area contributed by atoms with Gasteiger partial charge in [0.25, 0.3) is 0 Å². The normalized spacial score (nSPS) is 11.9. The van der Waals surface area contributed by atoms with Gasteiger partial charge in [-0.15, -0.1) is 0 Å². The molecule has 0 aliphatic carbocycles. The fourth-order valence-corrected chi connectivity index (χ4v) is 1.71. The van der Waals surface area contributed by atoms with Crippen molar-refractivity contribution in [2.45, 2.75) is 13.0 Å². The Morgan fingerprint density at radius 1 is 1.35 bits per heavy atom. The van der Waals surface area contributed by atoms with Gasteiger partial charge in [0.15, 0.2) is 11.6 Å². The first-order chi connectivity index (χ1) is 9.70. The summed E-state index contributed by atoms with van der Waals surface area (Å²) in [6.45, 7) is 2.55. The van der Waals surface area contributed by atoms with Gasteiger partial charge in [-0.25, -0.2) is 9.97 Å². The molecular formula is C13H18N6O. The van der Waals surface area contributed by atoms with Gasteiger partial charge in [-0.3, -0.25) is 4.98 Å². The molecule has 1 atom stereocenters. The van der Waals surface area contributed by atoms with Gasteiger partial charge in [0.05, 0.1) is 18.5 Å². The predicted molar refractivity (Wildman–Crippen MR) is 78.9 cm³/mol. The number of nitrogen functional groups attached to an aromatic ring is 1. The molecule has 0 fully saturated rings. The first-order valence-corrected chi connectivity index (χ1v) is 6.23. The molecule has 1 unspecified atom stereocenters. The maximum absolute atomic E-state index is 6.06. The van der Waals surface area contributed by atoms with Crippen molar-refractivity contribution in [3.05, 3.63) is 30.9 Å². The van der Waals surface area contributed by atoms with Crippen LogP contribution in [0, 0.1) is 0 Å². The molecule has 0 radical (unpaired) electrons. The molecule has 7 heteroatoms. The Bertz CT molecular complexity index is 548. The average molecular weight is 274 g/mol. The molecule has 0 amide bonds. The molecule has 2 aromatic heterocycles. The molecule has 0 aliphatic rings. The van der Waals surface area contributed by atoms with Crippen LogP contribution in [0.3, 0.4) is 0 Å². The van der Waals surface area contributed by atoms with E-state index in [4.69, 9.17) is 10.5 Å². The van der Waals surface area contributed by atoms with E-state index in [1.165, 1.54) is 6.33 Å². The Hall–Kier alpha value is -2.41. The number of pyridine rings is 1. The van der Waals surface area contributed by atoms with Gasteiger partial charge in [-0.05, 0) is 19.1 Å². The highest BCUT2D eigenvalue weighted by Gasteiger charge is 2.10. The molecule has 2 heterocycles. The van der Waals surface area contributed by atoms with Crippen molar-refractivity contribution in [1.29, 1.82) is 0 Å². The number of hydrogen-bond acceptors (Lipinski definition) is 7. The summed E-state index contributed by atoms with van der Waals surface area (Å²) < 4.78 is 5.07. The zero-order valence-corrected chi connectivity index (χ0v) is 11.5. The van der Waals surface area contributed by atoms with Crippen molar-refractivity contribution in [2.75, 3.05) is 30.1 Å². The van der Waals surface area contributed by atoms with E-state index in [9.17, 15) is 0 Å². The standard InChI is InChI=1S/C13H18N6O/c1-9(7-20-2)18-12-11(14)13(17-8-16-12)19-10-4-3-5-15-6-10/h3-6,8-9H,7,14H2,1-2H3,(H2,16,17,18,19). The second-order valence-corrected chi connectivity index (χ2v) is 4.35. The Labute approximate surface area is 117 Å². The van der Waals surface area contributed by atoms with Crippen LogP contribution < -0.4 is 16.4 Å². The van der Waals surface area contributed by atoms with E-state index in [1.54, 1.807) is 19.5 Å². The van der Waals surface area contributed by atoms with Crippen molar-refractivity contribution < 1.29 is 4.74 Å². The maximum atomic E-state index is 6.06. The first-order valence-electron chi connectivity index (χ1n) is 6.23. The van der Waals surface area contributed by atoms with Crippen LogP contribution in [0.4, 0.5) is 23.0 Å². The summed E-state index contributed by atoms with van der Waals surface area (Å²) in [6, 6.07) is 3.82. The Kier molecular flexibility index (Phi) is 4.67. The second-order valence-electron chi connectivity index (χ2n) is 4.35. The number of nitrogens with one attached hydrogen (secondary N) is 2. The zero-order valence-electron chi connectivity index (χ0n) is 11.5. The van der Waals surface area contributed by atoms with E-state index in [-0.39, 0.29) is 6.04 Å². The lowest BCUT2D eigenvalue weighted by atomic mass is 10.3. The minimum Gasteiger partial charge on any atom is -0.393 e. The van der Waals surface area contributed by atoms with Crippen LogP contribution in [0.5, 0.6) is 0 Å². The molecule has 7 nitrogen and oxygen atoms in total. The number of nitrogens with two attached hydrogens (primary N) is 1. The molecule has 4 N–H and O–H groups in total. The summed E-state index contributed by atoms with van der Waals surface area (Å²) in [5, 5.41) is 6.29. The van der Waals surface area contributed by atoms with Gasteiger partial charge in [-0.2, -0.15) is 0 Å². The van der Waals surface area contributed by atoms with Crippen LogP contribution in [0.25, 0.3) is 0 Å². The van der Waals surface area contributed by atoms with Gasteiger partial charge in [0, 0.05) is 19.3 Å². The zero-order chi connectivity index (χ0) is 14.4. The third-order valence-corrected chi connectivity index (χ3v) is 2.61. The van der Waals surface area contributed by atoms with Crippen LogP contribution in [0.15, 0.2) is 30.9 Å². The lowest BCUT2D eigenvalue weighted by molar-refractivity contribution is 0.190. The maximum Gasteiger partial charge on any atom is 0.159 e. The van der Waals surface area contributed by atoms with Gasteiger partial charge in [0.1, 0.15) is 12.0 Å². The average Bonchev–Trinajstić information content (AvgIpc) is 2.45. The van der Waals surface area contributed by atoms with Crippen LogP contribution in [0.2, 0.25) is 0 Å². The number of ether oxygens (including phenoxy) is 1. The van der Waals surface area contributed by atoms with Gasteiger partial charge >= 0.3 is 0 Å². The van der Waals surface area contributed by atoms with E-state index < -0.39 is 0 Å². The van der Waals surface area contributed by atoms with E-state index in [0.29, 0.717) is 23.9 Å². The highest BCUT2D eigenvalue weighted by molar-refractivity contribution is 5.77. The smallest absolute Gasteiger partial charge is 0.159 e. The molecule has 2 aromatic rings. The number of nitrogens with zero attached hydrogens (tertiary/aromatic N) is 3. The third-order valence-electron chi connectivity index (χ3n) is 2.61. The third kappa shape index (κ3) is 3.55. The predicted octanol–water partition coefficient (Wildman–Crippen LogP) is 1.64. The molecular weight excluding hydrogens is 256 g/mol. The van der Waals surface area contributed by atoms with Crippen LogP contribution in [0.1, 0.15) is 6.92 Å². The van der Waals surface area contributed by atoms with Crippen molar-refractivity contribution in [3.8, 4) is 0 Å². The quantitative estimate of drug-likeness (QED) is 0.736. The van der Waals surface area contributed by atoms with E-state index in [0.717, 1.165) is 5.69 Å². The number of hydrogen-bond donors (Lipinski definition) is 3. The molecule has 0 spiro atoms. The van der Waals surface area contributed by atoms with Gasteiger partial charge in [-0.1, -0.05) is 0 Å². The fourth-order valence-electron chi connectivity index (χ4n) is 1.71. The van der Waals surface area contributed by atoms with E-state index in [1.807, 2.05) is 19.1 Å². The molecule has 0 saturated carbocycles. The van der Waals surface area contributed by atoms with Gasteiger partial charge < -0.3 is 21.1 Å². The summed E-state index contributed by atoms with van der Waals surface area (Å²) in [4.78, 5) is 12.3. The number of rotatable bonds is 6. The molecule has 2 rings (SSSR count). The second kappa shape index (κ2) is 6.67. The van der Waals surface area contributed by atoms with Crippen molar-refractivity contribution >= 4 is 23.0 Å².